The van der Waals surface area contributed by atoms with Gasteiger partial charge in [0, 0.05) is 20.1 Å². The van der Waals surface area contributed by atoms with E-state index in [0.29, 0.717) is 18.2 Å². The molecule has 2 unspecified atom stereocenters. The van der Waals surface area contributed by atoms with Gasteiger partial charge in [0.05, 0.1) is 11.5 Å². The Bertz CT molecular complexity index is 644. The van der Waals surface area contributed by atoms with Crippen LogP contribution >= 0.6 is 24.0 Å². The van der Waals surface area contributed by atoms with E-state index in [1.165, 1.54) is 11.1 Å². The van der Waals surface area contributed by atoms with Gasteiger partial charge in [-0.15, -0.1) is 24.0 Å². The number of sulfone groups is 1. The Hall–Kier alpha value is -0.830. The van der Waals surface area contributed by atoms with E-state index < -0.39 is 9.84 Å². The molecular formula is C17H28IN3O2S. The Morgan fingerprint density at radius 1 is 1.29 bits per heavy atom. The van der Waals surface area contributed by atoms with Gasteiger partial charge < -0.3 is 10.6 Å². The molecule has 1 fully saturated rings. The van der Waals surface area contributed by atoms with Crippen LogP contribution in [-0.4, -0.2) is 46.0 Å². The lowest BCUT2D eigenvalue weighted by Crippen LogP contribution is -2.41. The first-order valence-corrected chi connectivity index (χ1v) is 9.93. The molecule has 2 N–H and O–H groups in total. The Labute approximate surface area is 162 Å². The van der Waals surface area contributed by atoms with Gasteiger partial charge in [0.2, 0.25) is 0 Å². The predicted molar refractivity (Wildman–Crippen MR) is 111 cm³/mol. The van der Waals surface area contributed by atoms with E-state index in [2.05, 4.69) is 53.7 Å². The topological polar surface area (TPSA) is 70.6 Å². The van der Waals surface area contributed by atoms with Crippen LogP contribution in [-0.2, 0) is 9.84 Å². The molecule has 1 aliphatic rings. The minimum atomic E-state index is -2.82. The normalized spacial score (nSPS) is 21.0. The highest BCUT2D eigenvalue weighted by Gasteiger charge is 2.27. The van der Waals surface area contributed by atoms with E-state index in [-0.39, 0.29) is 35.6 Å². The standard InChI is InChI=1S/C17H27N3O2S.HI/c1-13-4-6-16(7-5-13)14(2)10-19-17(18-3)20-11-15-8-9-23(21,22)12-15;/h4-7,14-15H,8-12H2,1-3H3,(H2,18,19,20);1H. The molecule has 1 aromatic rings. The van der Waals surface area contributed by atoms with E-state index in [0.717, 1.165) is 18.9 Å². The van der Waals surface area contributed by atoms with Gasteiger partial charge in [0.25, 0.3) is 0 Å². The van der Waals surface area contributed by atoms with Crippen molar-refractivity contribution in [2.75, 3.05) is 31.6 Å². The highest BCUT2D eigenvalue weighted by molar-refractivity contribution is 14.0. The Morgan fingerprint density at radius 3 is 2.50 bits per heavy atom. The summed E-state index contributed by atoms with van der Waals surface area (Å²) in [5.74, 6) is 1.90. The van der Waals surface area contributed by atoms with E-state index in [9.17, 15) is 8.42 Å². The van der Waals surface area contributed by atoms with Crippen molar-refractivity contribution in [3.63, 3.8) is 0 Å². The summed E-state index contributed by atoms with van der Waals surface area (Å²) in [6.45, 7) is 5.69. The molecule has 2 atom stereocenters. The van der Waals surface area contributed by atoms with E-state index >= 15 is 0 Å². The van der Waals surface area contributed by atoms with Crippen LogP contribution in [0.15, 0.2) is 29.3 Å². The van der Waals surface area contributed by atoms with Crippen molar-refractivity contribution in [1.29, 1.82) is 0 Å². The lowest BCUT2D eigenvalue weighted by Gasteiger charge is -2.18. The summed E-state index contributed by atoms with van der Waals surface area (Å²) < 4.78 is 23.0. The maximum absolute atomic E-state index is 11.5. The average Bonchev–Trinajstić information content (AvgIpc) is 2.87. The summed E-state index contributed by atoms with van der Waals surface area (Å²) in [4.78, 5) is 4.21. The number of guanidine groups is 1. The quantitative estimate of drug-likeness (QED) is 0.398. The van der Waals surface area contributed by atoms with Crippen molar-refractivity contribution >= 4 is 39.8 Å². The molecule has 0 radical (unpaired) electrons. The summed E-state index contributed by atoms with van der Waals surface area (Å²) in [7, 11) is -1.08. The molecule has 5 nitrogen and oxygen atoms in total. The van der Waals surface area contributed by atoms with Crippen LogP contribution in [0.2, 0.25) is 0 Å². The van der Waals surface area contributed by atoms with Crippen LogP contribution in [0.4, 0.5) is 0 Å². The number of halogens is 1. The molecule has 2 rings (SSSR count). The van der Waals surface area contributed by atoms with Gasteiger partial charge in [0.15, 0.2) is 15.8 Å². The van der Waals surface area contributed by atoms with Crippen molar-refractivity contribution in [3.05, 3.63) is 35.4 Å². The van der Waals surface area contributed by atoms with Crippen LogP contribution in [0.1, 0.15) is 30.4 Å². The van der Waals surface area contributed by atoms with Crippen LogP contribution in [0, 0.1) is 12.8 Å². The number of nitrogens with one attached hydrogen (secondary N) is 2. The number of hydrogen-bond acceptors (Lipinski definition) is 3. The zero-order chi connectivity index (χ0) is 16.9. The SMILES string of the molecule is CN=C(NCC1CCS(=O)(=O)C1)NCC(C)c1ccc(C)cc1.I. The number of hydrogen-bond donors (Lipinski definition) is 2. The number of aryl methyl sites for hydroxylation is 1. The number of nitrogens with zero attached hydrogens (tertiary/aromatic N) is 1. The highest BCUT2D eigenvalue weighted by atomic mass is 127. The third-order valence-electron chi connectivity index (χ3n) is 4.33. The van der Waals surface area contributed by atoms with Crippen molar-refractivity contribution in [2.45, 2.75) is 26.2 Å². The predicted octanol–water partition coefficient (Wildman–Crippen LogP) is 2.32. The summed E-state index contributed by atoms with van der Waals surface area (Å²) >= 11 is 0. The lowest BCUT2D eigenvalue weighted by molar-refractivity contribution is 0.565. The molecular weight excluding hydrogens is 437 g/mol. The fraction of sp³-hybridized carbons (Fsp3) is 0.588. The van der Waals surface area contributed by atoms with Crippen molar-refractivity contribution in [2.24, 2.45) is 10.9 Å². The molecule has 0 spiro atoms. The molecule has 0 bridgehead atoms. The fourth-order valence-electron chi connectivity index (χ4n) is 2.76. The van der Waals surface area contributed by atoms with Crippen molar-refractivity contribution < 1.29 is 8.42 Å². The molecule has 0 aliphatic carbocycles. The third kappa shape index (κ3) is 6.58. The van der Waals surface area contributed by atoms with Crippen molar-refractivity contribution in [1.82, 2.24) is 10.6 Å². The van der Waals surface area contributed by atoms with E-state index in [1.54, 1.807) is 7.05 Å². The van der Waals surface area contributed by atoms with Gasteiger partial charge >= 0.3 is 0 Å². The molecule has 1 aliphatic heterocycles. The maximum atomic E-state index is 11.5. The van der Waals surface area contributed by atoms with Crippen LogP contribution in [0.25, 0.3) is 0 Å². The van der Waals surface area contributed by atoms with Crippen LogP contribution < -0.4 is 10.6 Å². The van der Waals surface area contributed by atoms with Gasteiger partial charge in [-0.1, -0.05) is 36.8 Å². The van der Waals surface area contributed by atoms with Gasteiger partial charge in [0.1, 0.15) is 0 Å². The first kappa shape index (κ1) is 21.2. The maximum Gasteiger partial charge on any atom is 0.191 e. The van der Waals surface area contributed by atoms with E-state index in [4.69, 9.17) is 0 Å². The number of rotatable bonds is 5. The molecule has 1 heterocycles. The zero-order valence-corrected chi connectivity index (χ0v) is 17.7. The largest absolute Gasteiger partial charge is 0.356 e. The first-order valence-electron chi connectivity index (χ1n) is 8.11. The minimum absolute atomic E-state index is 0. The summed E-state index contributed by atoms with van der Waals surface area (Å²) in [6, 6.07) is 8.56. The second-order valence-electron chi connectivity index (χ2n) is 6.41. The van der Waals surface area contributed by atoms with Crippen LogP contribution in [0.5, 0.6) is 0 Å². The Morgan fingerprint density at radius 2 is 1.96 bits per heavy atom. The lowest BCUT2D eigenvalue weighted by atomic mass is 10.0. The highest BCUT2D eigenvalue weighted by Crippen LogP contribution is 2.17. The summed E-state index contributed by atoms with van der Waals surface area (Å²) in [5.41, 5.74) is 2.55. The van der Waals surface area contributed by atoms with Crippen molar-refractivity contribution in [3.8, 4) is 0 Å². The molecule has 7 heteroatoms. The summed E-state index contributed by atoms with van der Waals surface area (Å²) in [5, 5.41) is 6.56. The van der Waals surface area contributed by atoms with Gasteiger partial charge in [-0.2, -0.15) is 0 Å². The Balaban J connectivity index is 0.00000288. The van der Waals surface area contributed by atoms with Gasteiger partial charge in [-0.3, -0.25) is 4.99 Å². The van der Waals surface area contributed by atoms with Gasteiger partial charge in [-0.25, -0.2) is 8.42 Å². The molecule has 1 saturated heterocycles. The minimum Gasteiger partial charge on any atom is -0.356 e. The average molecular weight is 465 g/mol. The third-order valence-corrected chi connectivity index (χ3v) is 6.17. The van der Waals surface area contributed by atoms with E-state index in [1.807, 2.05) is 0 Å². The number of benzene rings is 1. The molecule has 1 aromatic carbocycles. The van der Waals surface area contributed by atoms with Gasteiger partial charge in [-0.05, 0) is 30.7 Å². The number of aliphatic imine (C=N–C) groups is 1. The smallest absolute Gasteiger partial charge is 0.191 e. The molecule has 0 saturated carbocycles. The molecule has 136 valence electrons. The second kappa shape index (κ2) is 9.60. The molecule has 0 amide bonds. The summed E-state index contributed by atoms with van der Waals surface area (Å²) in [6.07, 6.45) is 0.742. The molecule has 0 aromatic heterocycles. The second-order valence-corrected chi connectivity index (χ2v) is 8.64. The first-order chi connectivity index (χ1) is 10.9. The van der Waals surface area contributed by atoms with Crippen LogP contribution in [0.3, 0.4) is 0 Å². The zero-order valence-electron chi connectivity index (χ0n) is 14.6. The Kier molecular flexibility index (Phi) is 8.49. The monoisotopic (exact) mass is 465 g/mol. The molecule has 24 heavy (non-hydrogen) atoms. The fourth-order valence-corrected chi connectivity index (χ4v) is 4.62.